The molecule has 0 spiro atoms. The SMILES string of the molecule is COc1ccc(Oc2ccc([N+](=O)[O-])cc2C(=O)NCC(=O)Nc2cccnc2)cc1. The number of rotatable bonds is 8. The number of nitro groups is 1. The highest BCUT2D eigenvalue weighted by Crippen LogP contribution is 2.29. The molecule has 0 bridgehead atoms. The lowest BCUT2D eigenvalue weighted by Gasteiger charge is -2.12. The maximum absolute atomic E-state index is 12.7. The highest BCUT2D eigenvalue weighted by Gasteiger charge is 2.19. The molecular weight excluding hydrogens is 404 g/mol. The fraction of sp³-hybridized carbons (Fsp3) is 0.0952. The summed E-state index contributed by atoms with van der Waals surface area (Å²) in [6.45, 7) is -0.349. The first-order valence-corrected chi connectivity index (χ1v) is 9.04. The zero-order valence-electron chi connectivity index (χ0n) is 16.4. The van der Waals surface area contributed by atoms with Crippen LogP contribution in [0.5, 0.6) is 17.2 Å². The van der Waals surface area contributed by atoms with Gasteiger partial charge in [0.25, 0.3) is 11.6 Å². The molecule has 31 heavy (non-hydrogen) atoms. The van der Waals surface area contributed by atoms with Gasteiger partial charge in [-0.15, -0.1) is 0 Å². The first-order valence-electron chi connectivity index (χ1n) is 9.04. The summed E-state index contributed by atoms with van der Waals surface area (Å²) < 4.78 is 10.8. The van der Waals surface area contributed by atoms with E-state index in [2.05, 4.69) is 15.6 Å². The molecule has 0 fully saturated rings. The Kier molecular flexibility index (Phi) is 6.74. The van der Waals surface area contributed by atoms with Crippen molar-refractivity contribution >= 4 is 23.2 Å². The van der Waals surface area contributed by atoms with Gasteiger partial charge in [0, 0.05) is 18.3 Å². The topological polar surface area (TPSA) is 133 Å². The van der Waals surface area contributed by atoms with Gasteiger partial charge in [0.05, 0.1) is 36.0 Å². The Labute approximate surface area is 177 Å². The number of carbonyl (C=O) groups is 2. The molecule has 0 unspecified atom stereocenters. The number of benzene rings is 2. The van der Waals surface area contributed by atoms with E-state index in [1.807, 2.05) is 0 Å². The number of nitro benzene ring substituents is 1. The van der Waals surface area contributed by atoms with Crippen molar-refractivity contribution in [3.8, 4) is 17.2 Å². The second-order valence-electron chi connectivity index (χ2n) is 6.19. The maximum Gasteiger partial charge on any atom is 0.270 e. The predicted molar refractivity (Wildman–Crippen MR) is 111 cm³/mol. The Bertz CT molecular complexity index is 1090. The van der Waals surface area contributed by atoms with Crippen LogP contribution in [0.1, 0.15) is 10.4 Å². The molecule has 0 aliphatic rings. The lowest BCUT2D eigenvalue weighted by Crippen LogP contribution is -2.33. The van der Waals surface area contributed by atoms with Crippen LogP contribution < -0.4 is 20.1 Å². The van der Waals surface area contributed by atoms with Crippen molar-refractivity contribution in [3.63, 3.8) is 0 Å². The third-order valence-corrected chi connectivity index (χ3v) is 4.06. The van der Waals surface area contributed by atoms with Gasteiger partial charge in [0.15, 0.2) is 0 Å². The largest absolute Gasteiger partial charge is 0.497 e. The Hall–Kier alpha value is -4.47. The molecular formula is C21H18N4O6. The van der Waals surface area contributed by atoms with Crippen LogP contribution in [0.3, 0.4) is 0 Å². The summed E-state index contributed by atoms with van der Waals surface area (Å²) in [5.74, 6) is -0.0643. The number of nitrogens with zero attached hydrogens (tertiary/aromatic N) is 2. The summed E-state index contributed by atoms with van der Waals surface area (Å²) in [6.07, 6.45) is 3.02. The van der Waals surface area contributed by atoms with Crippen LogP contribution in [0.25, 0.3) is 0 Å². The highest BCUT2D eigenvalue weighted by molar-refractivity contribution is 6.01. The monoisotopic (exact) mass is 422 g/mol. The Morgan fingerprint density at radius 3 is 2.48 bits per heavy atom. The molecule has 10 heteroatoms. The van der Waals surface area contributed by atoms with Crippen LogP contribution in [0.15, 0.2) is 67.0 Å². The average molecular weight is 422 g/mol. The van der Waals surface area contributed by atoms with Crippen molar-refractivity contribution in [2.45, 2.75) is 0 Å². The zero-order valence-corrected chi connectivity index (χ0v) is 16.4. The fourth-order valence-electron chi connectivity index (χ4n) is 2.57. The number of amides is 2. The summed E-state index contributed by atoms with van der Waals surface area (Å²) in [6, 6.07) is 13.5. The maximum atomic E-state index is 12.7. The van der Waals surface area contributed by atoms with Gasteiger partial charge in [-0.25, -0.2) is 0 Å². The van der Waals surface area contributed by atoms with E-state index in [1.54, 1.807) is 42.6 Å². The van der Waals surface area contributed by atoms with Crippen molar-refractivity contribution in [2.24, 2.45) is 0 Å². The van der Waals surface area contributed by atoms with Gasteiger partial charge in [0.1, 0.15) is 17.2 Å². The molecule has 0 atom stereocenters. The van der Waals surface area contributed by atoms with Crippen LogP contribution in [-0.4, -0.2) is 35.4 Å². The third-order valence-electron chi connectivity index (χ3n) is 4.06. The van der Waals surface area contributed by atoms with E-state index in [-0.39, 0.29) is 23.5 Å². The molecule has 0 radical (unpaired) electrons. The van der Waals surface area contributed by atoms with E-state index in [0.717, 1.165) is 6.07 Å². The summed E-state index contributed by atoms with van der Waals surface area (Å²) in [5.41, 5.74) is 0.104. The molecule has 3 aromatic rings. The normalized spacial score (nSPS) is 10.1. The van der Waals surface area contributed by atoms with Gasteiger partial charge in [-0.3, -0.25) is 24.7 Å². The molecule has 0 aliphatic heterocycles. The predicted octanol–water partition coefficient (Wildman–Crippen LogP) is 3.16. The molecule has 1 aromatic heterocycles. The van der Waals surface area contributed by atoms with Crippen molar-refractivity contribution in [1.82, 2.24) is 10.3 Å². The number of methoxy groups -OCH3 is 1. The first kappa shape index (κ1) is 21.2. The molecule has 2 N–H and O–H groups in total. The van der Waals surface area contributed by atoms with Gasteiger partial charge < -0.3 is 20.1 Å². The van der Waals surface area contributed by atoms with Crippen molar-refractivity contribution in [1.29, 1.82) is 0 Å². The molecule has 2 amide bonds. The Balaban J connectivity index is 1.74. The summed E-state index contributed by atoms with van der Waals surface area (Å²) >= 11 is 0. The van der Waals surface area contributed by atoms with E-state index < -0.39 is 16.7 Å². The fourth-order valence-corrected chi connectivity index (χ4v) is 2.57. The van der Waals surface area contributed by atoms with Gasteiger partial charge in [0.2, 0.25) is 5.91 Å². The number of hydrogen-bond donors (Lipinski definition) is 2. The first-order chi connectivity index (χ1) is 15.0. The molecule has 3 rings (SSSR count). The Morgan fingerprint density at radius 2 is 1.84 bits per heavy atom. The zero-order chi connectivity index (χ0) is 22.2. The number of hydrogen-bond acceptors (Lipinski definition) is 7. The summed E-state index contributed by atoms with van der Waals surface area (Å²) in [7, 11) is 1.53. The van der Waals surface area contributed by atoms with E-state index >= 15 is 0 Å². The second kappa shape index (κ2) is 9.83. The molecule has 1 heterocycles. The Morgan fingerprint density at radius 1 is 1.10 bits per heavy atom. The van der Waals surface area contributed by atoms with Crippen LogP contribution in [-0.2, 0) is 4.79 Å². The van der Waals surface area contributed by atoms with Crippen molar-refractivity contribution in [3.05, 3.63) is 82.7 Å². The van der Waals surface area contributed by atoms with Crippen LogP contribution >= 0.6 is 0 Å². The number of pyridine rings is 1. The minimum atomic E-state index is -0.700. The number of anilines is 1. The number of ether oxygens (including phenoxy) is 2. The van der Waals surface area contributed by atoms with Gasteiger partial charge in [-0.05, 0) is 42.5 Å². The van der Waals surface area contributed by atoms with E-state index in [9.17, 15) is 19.7 Å². The minimum absolute atomic E-state index is 0.0841. The standard InChI is InChI=1S/C21H18N4O6/c1-30-16-5-7-17(8-6-16)31-19-9-4-15(25(28)29)11-18(19)21(27)23-13-20(26)24-14-3-2-10-22-12-14/h2-12H,13H2,1H3,(H,23,27)(H,24,26). The third kappa shape index (κ3) is 5.76. The molecule has 2 aromatic carbocycles. The quantitative estimate of drug-likeness (QED) is 0.421. The van der Waals surface area contributed by atoms with E-state index in [1.165, 1.54) is 25.4 Å². The molecule has 0 saturated heterocycles. The molecule has 158 valence electrons. The average Bonchev–Trinajstić information content (AvgIpc) is 2.78. The highest BCUT2D eigenvalue weighted by atomic mass is 16.6. The van der Waals surface area contributed by atoms with Gasteiger partial charge >= 0.3 is 0 Å². The summed E-state index contributed by atoms with van der Waals surface area (Å²) in [4.78, 5) is 39.1. The van der Waals surface area contributed by atoms with Crippen LogP contribution in [0.2, 0.25) is 0 Å². The minimum Gasteiger partial charge on any atom is -0.497 e. The smallest absolute Gasteiger partial charge is 0.270 e. The van der Waals surface area contributed by atoms with Gasteiger partial charge in [-0.2, -0.15) is 0 Å². The number of non-ortho nitro benzene ring substituents is 1. The van der Waals surface area contributed by atoms with Gasteiger partial charge in [-0.1, -0.05) is 0 Å². The van der Waals surface area contributed by atoms with E-state index in [0.29, 0.717) is 17.2 Å². The number of nitrogens with one attached hydrogen (secondary N) is 2. The van der Waals surface area contributed by atoms with Crippen molar-refractivity contribution < 1.29 is 24.0 Å². The molecule has 10 nitrogen and oxygen atoms in total. The van der Waals surface area contributed by atoms with E-state index in [4.69, 9.17) is 9.47 Å². The van der Waals surface area contributed by atoms with Crippen molar-refractivity contribution in [2.75, 3.05) is 19.0 Å². The molecule has 0 aliphatic carbocycles. The number of aromatic nitrogens is 1. The lowest BCUT2D eigenvalue weighted by molar-refractivity contribution is -0.384. The van der Waals surface area contributed by atoms with Crippen LogP contribution in [0.4, 0.5) is 11.4 Å². The molecule has 0 saturated carbocycles. The second-order valence-corrected chi connectivity index (χ2v) is 6.19. The number of carbonyl (C=O) groups excluding carboxylic acids is 2. The lowest BCUT2D eigenvalue weighted by atomic mass is 10.1. The summed E-state index contributed by atoms with van der Waals surface area (Å²) in [5, 5.41) is 16.1. The van der Waals surface area contributed by atoms with Crippen LogP contribution in [0, 0.1) is 10.1 Å².